The molecule has 26 heavy (non-hydrogen) atoms. The highest BCUT2D eigenvalue weighted by Crippen LogP contribution is 2.25. The van der Waals surface area contributed by atoms with Crippen LogP contribution in [-0.2, 0) is 18.3 Å². The molecule has 128 valence electrons. The number of nitrogens with one attached hydrogen (secondary N) is 1. The first-order chi connectivity index (χ1) is 12.7. The van der Waals surface area contributed by atoms with Crippen molar-refractivity contribution >= 4 is 22.5 Å². The molecule has 0 unspecified atom stereocenters. The lowest BCUT2D eigenvalue weighted by Crippen LogP contribution is -2.15. The molecule has 0 aliphatic rings. The van der Waals surface area contributed by atoms with Crippen molar-refractivity contribution in [2.45, 2.75) is 6.42 Å². The van der Waals surface area contributed by atoms with Gasteiger partial charge in [-0.25, -0.2) is 4.98 Å². The lowest BCUT2D eigenvalue weighted by atomic mass is 10.1. The van der Waals surface area contributed by atoms with Gasteiger partial charge in [0.1, 0.15) is 5.82 Å². The summed E-state index contributed by atoms with van der Waals surface area (Å²) in [6.07, 6.45) is 5.92. The predicted octanol–water partition coefficient (Wildman–Crippen LogP) is 3.82. The molecule has 2 aromatic heterocycles. The average molecular weight is 342 g/mol. The van der Waals surface area contributed by atoms with E-state index < -0.39 is 0 Å². The fraction of sp³-hybridized carbons (Fsp3) is 0.0952. The Hall–Kier alpha value is -3.47. The van der Waals surface area contributed by atoms with E-state index in [0.29, 0.717) is 12.2 Å². The fourth-order valence-electron chi connectivity index (χ4n) is 2.93. The van der Waals surface area contributed by atoms with Gasteiger partial charge in [-0.05, 0) is 28.6 Å². The molecule has 0 saturated carbocycles. The van der Waals surface area contributed by atoms with E-state index >= 15 is 0 Å². The number of carbonyl (C=O) groups excluding carboxylic acids is 1. The number of amides is 1. The summed E-state index contributed by atoms with van der Waals surface area (Å²) in [6.45, 7) is 0. The van der Waals surface area contributed by atoms with Gasteiger partial charge in [0, 0.05) is 30.4 Å². The van der Waals surface area contributed by atoms with Gasteiger partial charge in [-0.1, -0.05) is 42.5 Å². The molecule has 0 atom stereocenters. The van der Waals surface area contributed by atoms with Crippen LogP contribution in [0.25, 0.3) is 21.9 Å². The molecule has 5 heteroatoms. The van der Waals surface area contributed by atoms with Gasteiger partial charge in [-0.3, -0.25) is 9.48 Å². The van der Waals surface area contributed by atoms with Gasteiger partial charge in [0.25, 0.3) is 0 Å². The molecule has 5 nitrogen and oxygen atoms in total. The molecule has 2 aromatic carbocycles. The number of carbonyl (C=O) groups is 1. The molecule has 4 rings (SSSR count). The summed E-state index contributed by atoms with van der Waals surface area (Å²) in [4.78, 5) is 16.6. The van der Waals surface area contributed by atoms with Crippen molar-refractivity contribution in [1.29, 1.82) is 0 Å². The van der Waals surface area contributed by atoms with Gasteiger partial charge in [-0.2, -0.15) is 5.10 Å². The molecule has 0 radical (unpaired) electrons. The van der Waals surface area contributed by atoms with Gasteiger partial charge in [0.15, 0.2) is 0 Å². The SMILES string of the molecule is Cn1cc(-c2ccc3cnc(NC(=O)Cc4ccccc4)cc3c2)cn1. The van der Waals surface area contributed by atoms with Gasteiger partial charge in [0.05, 0.1) is 12.6 Å². The highest BCUT2D eigenvalue weighted by atomic mass is 16.1. The van der Waals surface area contributed by atoms with Crippen LogP contribution < -0.4 is 5.32 Å². The Kier molecular flexibility index (Phi) is 4.19. The van der Waals surface area contributed by atoms with Crippen molar-refractivity contribution in [3.8, 4) is 11.1 Å². The highest BCUT2D eigenvalue weighted by Gasteiger charge is 2.07. The molecule has 2 heterocycles. The number of pyridine rings is 1. The maximum Gasteiger partial charge on any atom is 0.229 e. The van der Waals surface area contributed by atoms with E-state index in [9.17, 15) is 4.79 Å². The highest BCUT2D eigenvalue weighted by molar-refractivity contribution is 5.94. The zero-order valence-corrected chi connectivity index (χ0v) is 14.4. The van der Waals surface area contributed by atoms with E-state index in [1.54, 1.807) is 10.9 Å². The van der Waals surface area contributed by atoms with Crippen molar-refractivity contribution in [3.63, 3.8) is 0 Å². The summed E-state index contributed by atoms with van der Waals surface area (Å²) in [5.41, 5.74) is 3.11. The average Bonchev–Trinajstić information content (AvgIpc) is 3.08. The molecule has 4 aromatic rings. The maximum atomic E-state index is 12.2. The van der Waals surface area contributed by atoms with Crippen molar-refractivity contribution in [3.05, 3.63) is 78.8 Å². The smallest absolute Gasteiger partial charge is 0.229 e. The number of hydrogen-bond donors (Lipinski definition) is 1. The molecule has 0 aliphatic heterocycles. The topological polar surface area (TPSA) is 59.8 Å². The van der Waals surface area contributed by atoms with Crippen LogP contribution in [0.1, 0.15) is 5.56 Å². The lowest BCUT2D eigenvalue weighted by Gasteiger charge is -2.07. The Balaban J connectivity index is 1.57. The normalized spacial score (nSPS) is 10.8. The fourth-order valence-corrected chi connectivity index (χ4v) is 2.93. The third kappa shape index (κ3) is 3.47. The number of benzene rings is 2. The van der Waals surface area contributed by atoms with Crippen LogP contribution in [0, 0.1) is 0 Å². The van der Waals surface area contributed by atoms with Crippen LogP contribution in [0.5, 0.6) is 0 Å². The van der Waals surface area contributed by atoms with Gasteiger partial charge < -0.3 is 5.32 Å². The number of rotatable bonds is 4. The van der Waals surface area contributed by atoms with E-state index in [4.69, 9.17) is 0 Å². The van der Waals surface area contributed by atoms with Crippen LogP contribution >= 0.6 is 0 Å². The minimum absolute atomic E-state index is 0.0773. The van der Waals surface area contributed by atoms with Crippen LogP contribution in [0.2, 0.25) is 0 Å². The Morgan fingerprint density at radius 2 is 1.85 bits per heavy atom. The minimum Gasteiger partial charge on any atom is -0.310 e. The number of aryl methyl sites for hydroxylation is 1. The van der Waals surface area contributed by atoms with Crippen molar-refractivity contribution in [1.82, 2.24) is 14.8 Å². The van der Waals surface area contributed by atoms with E-state index in [0.717, 1.165) is 27.5 Å². The van der Waals surface area contributed by atoms with Crippen LogP contribution in [0.3, 0.4) is 0 Å². The zero-order valence-electron chi connectivity index (χ0n) is 14.4. The quantitative estimate of drug-likeness (QED) is 0.613. The summed E-state index contributed by atoms with van der Waals surface area (Å²) in [7, 11) is 1.90. The van der Waals surface area contributed by atoms with Crippen LogP contribution in [0.4, 0.5) is 5.82 Å². The molecule has 0 bridgehead atoms. The number of anilines is 1. The first-order valence-corrected chi connectivity index (χ1v) is 8.40. The second kappa shape index (κ2) is 6.80. The lowest BCUT2D eigenvalue weighted by molar-refractivity contribution is -0.115. The van der Waals surface area contributed by atoms with Gasteiger partial charge >= 0.3 is 0 Å². The van der Waals surface area contributed by atoms with Crippen molar-refractivity contribution in [2.75, 3.05) is 5.32 Å². The van der Waals surface area contributed by atoms with Crippen molar-refractivity contribution in [2.24, 2.45) is 7.05 Å². The summed E-state index contributed by atoms with van der Waals surface area (Å²) >= 11 is 0. The Labute approximate surface area is 151 Å². The molecule has 0 saturated heterocycles. The maximum absolute atomic E-state index is 12.2. The zero-order chi connectivity index (χ0) is 17.9. The summed E-state index contributed by atoms with van der Waals surface area (Å²) in [5.74, 6) is 0.480. The Morgan fingerprint density at radius 1 is 1.00 bits per heavy atom. The monoisotopic (exact) mass is 342 g/mol. The molecule has 0 spiro atoms. The van der Waals surface area contributed by atoms with Gasteiger partial charge in [0.2, 0.25) is 5.91 Å². The minimum atomic E-state index is -0.0773. The molecule has 1 amide bonds. The number of fused-ring (bicyclic) bond motifs is 1. The van der Waals surface area contributed by atoms with Crippen molar-refractivity contribution < 1.29 is 4.79 Å². The predicted molar refractivity (Wildman–Crippen MR) is 103 cm³/mol. The standard InChI is InChI=1S/C21H18N4O/c1-25-14-19(13-23-25)16-7-8-17-12-22-20(11-18(17)10-16)24-21(26)9-15-5-3-2-4-6-15/h2-8,10-14H,9H2,1H3,(H,22,24,26). The molecule has 0 aliphatic carbocycles. The number of hydrogen-bond acceptors (Lipinski definition) is 3. The van der Waals surface area contributed by atoms with Crippen LogP contribution in [-0.4, -0.2) is 20.7 Å². The first-order valence-electron chi connectivity index (χ1n) is 8.40. The van der Waals surface area contributed by atoms with E-state index in [2.05, 4.69) is 27.5 Å². The second-order valence-electron chi connectivity index (χ2n) is 6.24. The first kappa shape index (κ1) is 16.0. The van der Waals surface area contributed by atoms with E-state index in [1.807, 2.05) is 61.9 Å². The number of aromatic nitrogens is 3. The molecular formula is C21H18N4O. The second-order valence-corrected chi connectivity index (χ2v) is 6.24. The molecular weight excluding hydrogens is 324 g/mol. The van der Waals surface area contributed by atoms with E-state index in [-0.39, 0.29) is 5.91 Å². The number of nitrogens with zero attached hydrogens (tertiary/aromatic N) is 3. The largest absolute Gasteiger partial charge is 0.310 e. The third-order valence-corrected chi connectivity index (χ3v) is 4.23. The molecule has 1 N–H and O–H groups in total. The summed E-state index contributed by atoms with van der Waals surface area (Å²) in [6, 6.07) is 17.7. The van der Waals surface area contributed by atoms with Crippen LogP contribution in [0.15, 0.2) is 73.2 Å². The molecule has 0 fully saturated rings. The third-order valence-electron chi connectivity index (χ3n) is 4.23. The van der Waals surface area contributed by atoms with E-state index in [1.165, 1.54) is 0 Å². The summed E-state index contributed by atoms with van der Waals surface area (Å²) in [5, 5.41) is 9.15. The van der Waals surface area contributed by atoms with Gasteiger partial charge in [-0.15, -0.1) is 0 Å². The Bertz CT molecular complexity index is 1070. The Morgan fingerprint density at radius 3 is 2.62 bits per heavy atom. The summed E-state index contributed by atoms with van der Waals surface area (Å²) < 4.78 is 1.78.